The zero-order valence-electron chi connectivity index (χ0n) is 12.5. The van der Waals surface area contributed by atoms with Gasteiger partial charge in [0.2, 0.25) is 0 Å². The van der Waals surface area contributed by atoms with Crippen LogP contribution >= 0.6 is 23.2 Å². The average molecular weight is 386 g/mol. The number of hydrazone groups is 1. The maximum absolute atomic E-state index is 11.7. The molecule has 126 valence electrons. The van der Waals surface area contributed by atoms with E-state index in [1.165, 1.54) is 30.5 Å². The summed E-state index contributed by atoms with van der Waals surface area (Å²) in [6, 6.07) is 10.2. The molecule has 0 unspecified atom stereocenters. The van der Waals surface area contributed by atoms with E-state index < -0.39 is 15.9 Å². The number of urea groups is 1. The molecule has 0 aliphatic heterocycles. The standard InChI is InChI=1S/C15H13Cl2N3O3S/c1-24(22,23)12-7-5-11(6-8-12)19-15(21)20-18-9-10-3-2-4-13(16)14(10)17/h2-9H,1H3,(H2,19,20,21)/b18-9-. The second-order valence-electron chi connectivity index (χ2n) is 4.76. The molecular formula is C15H13Cl2N3O3S. The van der Waals surface area contributed by atoms with E-state index in [9.17, 15) is 13.2 Å². The van der Waals surface area contributed by atoms with Crippen molar-refractivity contribution in [2.75, 3.05) is 11.6 Å². The topological polar surface area (TPSA) is 87.6 Å². The SMILES string of the molecule is CS(=O)(=O)c1ccc(NC(=O)N/N=C\c2cccc(Cl)c2Cl)cc1. The minimum Gasteiger partial charge on any atom is -0.307 e. The Bertz CT molecular complexity index is 881. The Morgan fingerprint density at radius 1 is 1.12 bits per heavy atom. The number of sulfone groups is 1. The molecule has 0 aromatic heterocycles. The first kappa shape index (κ1) is 18.3. The molecule has 0 saturated heterocycles. The molecule has 0 atom stereocenters. The molecule has 2 aromatic carbocycles. The van der Waals surface area contributed by atoms with Crippen LogP contribution in [0.25, 0.3) is 0 Å². The minimum absolute atomic E-state index is 0.169. The molecule has 0 aliphatic rings. The zero-order chi connectivity index (χ0) is 17.7. The summed E-state index contributed by atoms with van der Waals surface area (Å²) in [5.41, 5.74) is 3.25. The average Bonchev–Trinajstić information content (AvgIpc) is 2.51. The molecule has 2 aromatic rings. The van der Waals surface area contributed by atoms with Gasteiger partial charge in [-0.3, -0.25) is 0 Å². The molecule has 0 bridgehead atoms. The van der Waals surface area contributed by atoms with Gasteiger partial charge in [-0.15, -0.1) is 0 Å². The Labute approximate surface area is 149 Å². The first-order chi connectivity index (χ1) is 11.3. The molecule has 2 N–H and O–H groups in total. The number of hydrogen-bond donors (Lipinski definition) is 2. The lowest BCUT2D eigenvalue weighted by Gasteiger charge is -2.05. The molecular weight excluding hydrogens is 373 g/mol. The van der Waals surface area contributed by atoms with Crippen LogP contribution in [0.5, 0.6) is 0 Å². The summed E-state index contributed by atoms with van der Waals surface area (Å²) in [6.07, 6.45) is 2.47. The maximum Gasteiger partial charge on any atom is 0.339 e. The molecule has 0 radical (unpaired) electrons. The summed E-state index contributed by atoms with van der Waals surface area (Å²) >= 11 is 11.9. The lowest BCUT2D eigenvalue weighted by molar-refractivity contribution is 0.252. The predicted octanol–water partition coefficient (Wildman–Crippen LogP) is 3.55. The van der Waals surface area contributed by atoms with Crippen molar-refractivity contribution in [2.45, 2.75) is 4.90 Å². The second-order valence-corrected chi connectivity index (χ2v) is 7.56. The summed E-state index contributed by atoms with van der Waals surface area (Å²) < 4.78 is 22.7. The van der Waals surface area contributed by atoms with Crippen molar-refractivity contribution in [1.82, 2.24) is 5.43 Å². The van der Waals surface area contributed by atoms with E-state index in [0.29, 0.717) is 21.3 Å². The van der Waals surface area contributed by atoms with Crippen LogP contribution in [0.15, 0.2) is 52.5 Å². The van der Waals surface area contributed by atoms with Crippen LogP contribution in [0.2, 0.25) is 10.0 Å². The van der Waals surface area contributed by atoms with Gasteiger partial charge < -0.3 is 5.32 Å². The summed E-state index contributed by atoms with van der Waals surface area (Å²) in [4.78, 5) is 11.9. The fourth-order valence-electron chi connectivity index (χ4n) is 1.73. The van der Waals surface area contributed by atoms with Crippen LogP contribution in [0.1, 0.15) is 5.56 Å². The molecule has 6 nitrogen and oxygen atoms in total. The van der Waals surface area contributed by atoms with E-state index in [1.54, 1.807) is 18.2 Å². The second kappa shape index (κ2) is 7.65. The third-order valence-electron chi connectivity index (χ3n) is 2.89. The highest BCUT2D eigenvalue weighted by Crippen LogP contribution is 2.24. The van der Waals surface area contributed by atoms with Gasteiger partial charge in [-0.1, -0.05) is 35.3 Å². The quantitative estimate of drug-likeness (QED) is 0.622. The monoisotopic (exact) mass is 385 g/mol. The van der Waals surface area contributed by atoms with Gasteiger partial charge in [0.25, 0.3) is 0 Å². The number of anilines is 1. The van der Waals surface area contributed by atoms with Crippen LogP contribution in [0.4, 0.5) is 10.5 Å². The number of carbonyl (C=O) groups excluding carboxylic acids is 1. The molecule has 2 rings (SSSR count). The van der Waals surface area contributed by atoms with Crippen molar-refractivity contribution in [3.8, 4) is 0 Å². The normalized spacial score (nSPS) is 11.5. The van der Waals surface area contributed by atoms with E-state index >= 15 is 0 Å². The van der Waals surface area contributed by atoms with Gasteiger partial charge in [0.15, 0.2) is 9.84 Å². The molecule has 0 aliphatic carbocycles. The molecule has 24 heavy (non-hydrogen) atoms. The highest BCUT2D eigenvalue weighted by Gasteiger charge is 2.07. The first-order valence-corrected chi connectivity index (χ1v) is 9.26. The highest BCUT2D eigenvalue weighted by atomic mass is 35.5. The summed E-state index contributed by atoms with van der Waals surface area (Å²) in [7, 11) is -3.28. The van der Waals surface area contributed by atoms with Crippen molar-refractivity contribution in [3.05, 3.63) is 58.1 Å². The molecule has 0 spiro atoms. The molecule has 2 amide bonds. The summed E-state index contributed by atoms with van der Waals surface area (Å²) in [5.74, 6) is 0. The van der Waals surface area contributed by atoms with Gasteiger partial charge in [0.1, 0.15) is 0 Å². The Hall–Kier alpha value is -2.09. The molecule has 0 fully saturated rings. The van der Waals surface area contributed by atoms with Gasteiger partial charge in [-0.25, -0.2) is 18.6 Å². The Kier molecular flexibility index (Phi) is 5.82. The van der Waals surface area contributed by atoms with Gasteiger partial charge in [0, 0.05) is 17.5 Å². The fourth-order valence-corrected chi connectivity index (χ4v) is 2.71. The maximum atomic E-state index is 11.7. The third-order valence-corrected chi connectivity index (χ3v) is 4.85. The Morgan fingerprint density at radius 3 is 2.42 bits per heavy atom. The van der Waals surface area contributed by atoms with E-state index in [-0.39, 0.29) is 4.90 Å². The van der Waals surface area contributed by atoms with Crippen LogP contribution < -0.4 is 10.7 Å². The van der Waals surface area contributed by atoms with E-state index in [4.69, 9.17) is 23.2 Å². The summed E-state index contributed by atoms with van der Waals surface area (Å²) in [6.45, 7) is 0. The Morgan fingerprint density at radius 2 is 1.79 bits per heavy atom. The molecule has 0 heterocycles. The van der Waals surface area contributed by atoms with Gasteiger partial charge in [-0.2, -0.15) is 5.10 Å². The van der Waals surface area contributed by atoms with Crippen molar-refractivity contribution in [1.29, 1.82) is 0 Å². The van der Waals surface area contributed by atoms with Gasteiger partial charge >= 0.3 is 6.03 Å². The van der Waals surface area contributed by atoms with Crippen LogP contribution in [0, 0.1) is 0 Å². The van der Waals surface area contributed by atoms with Gasteiger partial charge in [-0.05, 0) is 30.3 Å². The van der Waals surface area contributed by atoms with E-state index in [1.807, 2.05) is 0 Å². The third kappa shape index (κ3) is 4.95. The number of hydrogen-bond acceptors (Lipinski definition) is 4. The number of rotatable bonds is 4. The smallest absolute Gasteiger partial charge is 0.307 e. The number of nitrogens with zero attached hydrogens (tertiary/aromatic N) is 1. The van der Waals surface area contributed by atoms with E-state index in [0.717, 1.165) is 6.26 Å². The fraction of sp³-hybridized carbons (Fsp3) is 0.0667. The number of nitrogens with one attached hydrogen (secondary N) is 2. The number of benzene rings is 2. The van der Waals surface area contributed by atoms with Crippen LogP contribution in [-0.2, 0) is 9.84 Å². The lowest BCUT2D eigenvalue weighted by atomic mass is 10.2. The minimum atomic E-state index is -3.28. The zero-order valence-corrected chi connectivity index (χ0v) is 14.8. The van der Waals surface area contributed by atoms with Crippen molar-refractivity contribution < 1.29 is 13.2 Å². The van der Waals surface area contributed by atoms with E-state index in [2.05, 4.69) is 15.8 Å². The number of amides is 2. The van der Waals surface area contributed by atoms with Crippen LogP contribution in [0.3, 0.4) is 0 Å². The number of carbonyl (C=O) groups is 1. The predicted molar refractivity (Wildman–Crippen MR) is 95.8 cm³/mol. The molecule has 0 saturated carbocycles. The Balaban J connectivity index is 1.96. The van der Waals surface area contributed by atoms with Crippen molar-refractivity contribution >= 4 is 51.0 Å². The van der Waals surface area contributed by atoms with Crippen molar-refractivity contribution in [3.63, 3.8) is 0 Å². The summed E-state index contributed by atoms with van der Waals surface area (Å²) in [5, 5.41) is 7.01. The largest absolute Gasteiger partial charge is 0.339 e. The highest BCUT2D eigenvalue weighted by molar-refractivity contribution is 7.90. The van der Waals surface area contributed by atoms with Crippen molar-refractivity contribution in [2.24, 2.45) is 5.10 Å². The molecule has 9 heteroatoms. The lowest BCUT2D eigenvalue weighted by Crippen LogP contribution is -2.24. The van der Waals surface area contributed by atoms with Gasteiger partial charge in [0.05, 0.1) is 21.2 Å². The first-order valence-electron chi connectivity index (χ1n) is 6.61. The number of halogens is 2. The van der Waals surface area contributed by atoms with Crippen LogP contribution in [-0.4, -0.2) is 26.9 Å².